The smallest absolute Gasteiger partial charge is 0.244 e. The lowest BCUT2D eigenvalue weighted by Gasteiger charge is -2.22. The van der Waals surface area contributed by atoms with Gasteiger partial charge in [0.05, 0.1) is 4.90 Å². The van der Waals surface area contributed by atoms with Crippen molar-refractivity contribution in [1.29, 1.82) is 0 Å². The summed E-state index contributed by atoms with van der Waals surface area (Å²) >= 11 is 0. The molecule has 0 spiro atoms. The molecule has 0 bridgehead atoms. The predicted octanol–water partition coefficient (Wildman–Crippen LogP) is 0.892. The Hall–Kier alpha value is -0.850. The monoisotopic (exact) mass is 245 g/mol. The summed E-state index contributed by atoms with van der Waals surface area (Å²) < 4.78 is 25.6. The van der Waals surface area contributed by atoms with Crippen molar-refractivity contribution in [3.63, 3.8) is 0 Å². The van der Waals surface area contributed by atoms with Gasteiger partial charge in [-0.25, -0.2) is 8.42 Å². The van der Waals surface area contributed by atoms with E-state index in [0.29, 0.717) is 6.54 Å². The molecular formula is C10H19N3O2S. The molecule has 6 heteroatoms. The van der Waals surface area contributed by atoms with Crippen LogP contribution in [0.25, 0.3) is 0 Å². The molecule has 0 saturated heterocycles. The van der Waals surface area contributed by atoms with Gasteiger partial charge in [-0.2, -0.15) is 4.31 Å². The minimum atomic E-state index is -3.39. The zero-order valence-corrected chi connectivity index (χ0v) is 10.7. The summed E-state index contributed by atoms with van der Waals surface area (Å²) in [6.07, 6.45) is 2.26. The summed E-state index contributed by atoms with van der Waals surface area (Å²) in [6, 6.07) is 1.56. The second kappa shape index (κ2) is 4.99. The maximum absolute atomic E-state index is 12.1. The standard InChI is InChI=1S/C10H19N3O2S/c1-4-8(2)13(3)16(14,15)10-5-9(6-11)12-7-10/h5,7-8,12H,4,6,11H2,1-3H3. The fraction of sp³-hybridized carbons (Fsp3) is 0.600. The van der Waals surface area contributed by atoms with Gasteiger partial charge in [-0.05, 0) is 19.4 Å². The van der Waals surface area contributed by atoms with Gasteiger partial charge in [-0.1, -0.05) is 6.92 Å². The van der Waals surface area contributed by atoms with Gasteiger partial charge in [0.2, 0.25) is 10.0 Å². The molecule has 1 aromatic rings. The van der Waals surface area contributed by atoms with E-state index in [1.54, 1.807) is 13.1 Å². The highest BCUT2D eigenvalue weighted by atomic mass is 32.2. The number of rotatable bonds is 5. The van der Waals surface area contributed by atoms with Crippen LogP contribution >= 0.6 is 0 Å². The van der Waals surface area contributed by atoms with Crippen LogP contribution < -0.4 is 5.73 Å². The lowest BCUT2D eigenvalue weighted by molar-refractivity contribution is 0.380. The van der Waals surface area contributed by atoms with Gasteiger partial charge in [-0.3, -0.25) is 0 Å². The molecule has 1 heterocycles. The number of nitrogens with two attached hydrogens (primary N) is 1. The Balaban J connectivity index is 3.01. The molecule has 0 aliphatic carbocycles. The number of hydrogen-bond acceptors (Lipinski definition) is 3. The van der Waals surface area contributed by atoms with Crippen molar-refractivity contribution in [3.8, 4) is 0 Å². The average molecular weight is 245 g/mol. The summed E-state index contributed by atoms with van der Waals surface area (Å²) in [5.74, 6) is 0. The molecule has 16 heavy (non-hydrogen) atoms. The summed E-state index contributed by atoms with van der Waals surface area (Å²) in [7, 11) is -1.80. The second-order valence-corrected chi connectivity index (χ2v) is 5.84. The maximum Gasteiger partial charge on any atom is 0.244 e. The average Bonchev–Trinajstić information content (AvgIpc) is 2.75. The summed E-state index contributed by atoms with van der Waals surface area (Å²) in [4.78, 5) is 3.12. The molecule has 1 atom stereocenters. The molecule has 0 amide bonds. The molecule has 5 nitrogen and oxygen atoms in total. The van der Waals surface area contributed by atoms with Gasteiger partial charge in [0.15, 0.2) is 0 Å². The normalized spacial score (nSPS) is 14.3. The fourth-order valence-electron chi connectivity index (χ4n) is 1.35. The third-order valence-electron chi connectivity index (χ3n) is 2.82. The van der Waals surface area contributed by atoms with Crippen LogP contribution in [0.1, 0.15) is 26.0 Å². The highest BCUT2D eigenvalue weighted by molar-refractivity contribution is 7.89. The van der Waals surface area contributed by atoms with Crippen molar-refractivity contribution in [2.24, 2.45) is 5.73 Å². The zero-order valence-electron chi connectivity index (χ0n) is 9.90. The Morgan fingerprint density at radius 2 is 2.19 bits per heavy atom. The molecule has 92 valence electrons. The first-order chi connectivity index (χ1) is 7.43. The van der Waals surface area contributed by atoms with Gasteiger partial charge in [0.1, 0.15) is 0 Å². The fourth-order valence-corrected chi connectivity index (χ4v) is 2.80. The summed E-state index contributed by atoms with van der Waals surface area (Å²) in [5, 5.41) is 0. The molecule has 0 aliphatic rings. The van der Waals surface area contributed by atoms with Crippen molar-refractivity contribution in [2.75, 3.05) is 7.05 Å². The minimum Gasteiger partial charge on any atom is -0.363 e. The van der Waals surface area contributed by atoms with E-state index >= 15 is 0 Å². The highest BCUT2D eigenvalue weighted by Crippen LogP contribution is 2.18. The number of hydrogen-bond donors (Lipinski definition) is 2. The quantitative estimate of drug-likeness (QED) is 0.808. The van der Waals surface area contributed by atoms with Gasteiger partial charge in [-0.15, -0.1) is 0 Å². The number of H-pyrrole nitrogens is 1. The molecule has 0 saturated carbocycles. The van der Waals surface area contributed by atoms with Crippen molar-refractivity contribution in [3.05, 3.63) is 18.0 Å². The van der Waals surface area contributed by atoms with Gasteiger partial charge in [0, 0.05) is 31.5 Å². The first-order valence-corrected chi connectivity index (χ1v) is 6.72. The van der Waals surface area contributed by atoms with Gasteiger partial charge >= 0.3 is 0 Å². The van der Waals surface area contributed by atoms with Crippen LogP contribution in [0.3, 0.4) is 0 Å². The van der Waals surface area contributed by atoms with Crippen LogP contribution in [-0.4, -0.2) is 30.8 Å². The van der Waals surface area contributed by atoms with Crippen LogP contribution in [0.4, 0.5) is 0 Å². The van der Waals surface area contributed by atoms with E-state index < -0.39 is 10.0 Å². The van der Waals surface area contributed by atoms with Crippen molar-refractivity contribution in [1.82, 2.24) is 9.29 Å². The van der Waals surface area contributed by atoms with E-state index in [9.17, 15) is 8.42 Å². The Bertz CT molecular complexity index is 439. The van der Waals surface area contributed by atoms with E-state index in [4.69, 9.17) is 5.73 Å². The number of aromatic nitrogens is 1. The van der Waals surface area contributed by atoms with E-state index in [1.165, 1.54) is 10.5 Å². The third-order valence-corrected chi connectivity index (χ3v) is 4.77. The van der Waals surface area contributed by atoms with Crippen LogP contribution in [0.2, 0.25) is 0 Å². The lowest BCUT2D eigenvalue weighted by Crippen LogP contribution is -2.34. The molecular weight excluding hydrogens is 226 g/mol. The summed E-state index contributed by atoms with van der Waals surface area (Å²) in [5.41, 5.74) is 6.15. The van der Waals surface area contributed by atoms with E-state index in [0.717, 1.165) is 12.1 Å². The topological polar surface area (TPSA) is 79.2 Å². The van der Waals surface area contributed by atoms with Gasteiger partial charge in [0.25, 0.3) is 0 Å². The van der Waals surface area contributed by atoms with E-state index in [-0.39, 0.29) is 10.9 Å². The van der Waals surface area contributed by atoms with Crippen LogP contribution in [-0.2, 0) is 16.6 Å². The van der Waals surface area contributed by atoms with Crippen molar-refractivity contribution >= 4 is 10.0 Å². The van der Waals surface area contributed by atoms with E-state index in [2.05, 4.69) is 4.98 Å². The number of aromatic amines is 1. The third kappa shape index (κ3) is 2.45. The first kappa shape index (κ1) is 13.2. The molecule has 1 aromatic heterocycles. The number of sulfonamides is 1. The lowest BCUT2D eigenvalue weighted by atomic mass is 10.3. The van der Waals surface area contributed by atoms with Crippen LogP contribution in [0.15, 0.2) is 17.2 Å². The molecule has 0 radical (unpaired) electrons. The highest BCUT2D eigenvalue weighted by Gasteiger charge is 2.25. The van der Waals surface area contributed by atoms with Crippen molar-refractivity contribution in [2.45, 2.75) is 37.8 Å². The molecule has 1 unspecified atom stereocenters. The van der Waals surface area contributed by atoms with Gasteiger partial charge < -0.3 is 10.7 Å². The second-order valence-electron chi connectivity index (χ2n) is 3.84. The first-order valence-electron chi connectivity index (χ1n) is 5.28. The zero-order chi connectivity index (χ0) is 12.3. The molecule has 1 rings (SSSR count). The Morgan fingerprint density at radius 3 is 2.62 bits per heavy atom. The van der Waals surface area contributed by atoms with E-state index in [1.807, 2.05) is 13.8 Å². The SMILES string of the molecule is CCC(C)N(C)S(=O)(=O)c1c[nH]c(CN)c1. The predicted molar refractivity (Wildman–Crippen MR) is 63.4 cm³/mol. The van der Waals surface area contributed by atoms with Crippen LogP contribution in [0.5, 0.6) is 0 Å². The minimum absolute atomic E-state index is 0.0128. The summed E-state index contributed by atoms with van der Waals surface area (Å²) in [6.45, 7) is 4.15. The Kier molecular flexibility index (Phi) is 4.12. The maximum atomic E-state index is 12.1. The Morgan fingerprint density at radius 1 is 1.56 bits per heavy atom. The Labute approximate surface area is 96.7 Å². The molecule has 0 fully saturated rings. The number of nitrogens with one attached hydrogen (secondary N) is 1. The number of nitrogens with zero attached hydrogens (tertiary/aromatic N) is 1. The largest absolute Gasteiger partial charge is 0.363 e. The van der Waals surface area contributed by atoms with Crippen LogP contribution in [0, 0.1) is 0 Å². The van der Waals surface area contributed by atoms with Crippen molar-refractivity contribution < 1.29 is 8.42 Å². The molecule has 0 aromatic carbocycles. The molecule has 3 N–H and O–H groups in total. The molecule has 0 aliphatic heterocycles.